The first kappa shape index (κ1) is 15.9. The molecule has 1 N–H and O–H groups in total. The molecule has 2 rings (SSSR count). The van der Waals surface area contributed by atoms with Crippen LogP contribution in [0.25, 0.3) is 0 Å². The van der Waals surface area contributed by atoms with Crippen molar-refractivity contribution in [2.45, 2.75) is 6.04 Å². The number of carbonyl (C=O) groups is 1. The topological polar surface area (TPSA) is 93.5 Å². The van der Waals surface area contributed by atoms with Gasteiger partial charge in [0.05, 0.1) is 25.0 Å². The minimum atomic E-state index is -3.33. The van der Waals surface area contributed by atoms with Crippen molar-refractivity contribution in [1.82, 2.24) is 19.2 Å². The second-order valence-corrected chi connectivity index (χ2v) is 7.53. The Labute approximate surface area is 124 Å². The lowest BCUT2D eigenvalue weighted by Crippen LogP contribution is -2.44. The minimum Gasteiger partial charge on any atom is -0.379 e. The number of aromatic nitrogens is 2. The Morgan fingerprint density at radius 1 is 1.52 bits per heavy atom. The van der Waals surface area contributed by atoms with E-state index >= 15 is 0 Å². The Bertz CT molecular complexity index is 611. The number of carbonyl (C=O) groups excluding carboxylic acids is 1. The van der Waals surface area contributed by atoms with Crippen molar-refractivity contribution >= 4 is 15.9 Å². The molecule has 118 valence electrons. The molecule has 0 spiro atoms. The van der Waals surface area contributed by atoms with Gasteiger partial charge in [-0.1, -0.05) is 0 Å². The Kier molecular flexibility index (Phi) is 4.64. The normalized spacial score (nSPS) is 22.7. The summed E-state index contributed by atoms with van der Waals surface area (Å²) in [6.07, 6.45) is 3.21. The van der Waals surface area contributed by atoms with Crippen molar-refractivity contribution < 1.29 is 17.9 Å². The standard InChI is InChI=1S/C12H20N4O4S/c1-15(2)21(18,19)8-9-6-20-7-10(9)14-12(17)11-13-4-5-16(11)3/h4-5,9-10H,6-8H2,1-3H3,(H,14,17)/t9-,10-/m0/s1. The molecule has 2 atom stereocenters. The van der Waals surface area contributed by atoms with Gasteiger partial charge in [0.2, 0.25) is 10.0 Å². The second kappa shape index (κ2) is 6.12. The van der Waals surface area contributed by atoms with E-state index in [1.807, 2.05) is 0 Å². The number of amides is 1. The van der Waals surface area contributed by atoms with Gasteiger partial charge in [0.15, 0.2) is 5.82 Å². The zero-order chi connectivity index (χ0) is 15.6. The molecule has 1 amide bonds. The Hall–Kier alpha value is -1.45. The molecule has 1 saturated heterocycles. The van der Waals surface area contributed by atoms with Crippen LogP contribution in [0, 0.1) is 5.92 Å². The molecule has 0 bridgehead atoms. The van der Waals surface area contributed by atoms with Crippen LogP contribution in [0.4, 0.5) is 0 Å². The molecule has 0 saturated carbocycles. The minimum absolute atomic E-state index is 0.0501. The van der Waals surface area contributed by atoms with Crippen molar-refractivity contribution in [3.05, 3.63) is 18.2 Å². The summed E-state index contributed by atoms with van der Waals surface area (Å²) < 4.78 is 32.0. The third-order valence-corrected chi connectivity index (χ3v) is 5.48. The van der Waals surface area contributed by atoms with Gasteiger partial charge in [0.25, 0.3) is 5.91 Å². The van der Waals surface area contributed by atoms with Gasteiger partial charge in [-0.05, 0) is 0 Å². The van der Waals surface area contributed by atoms with Crippen LogP contribution < -0.4 is 5.32 Å². The lowest BCUT2D eigenvalue weighted by atomic mass is 10.1. The van der Waals surface area contributed by atoms with Crippen LogP contribution in [-0.2, 0) is 21.8 Å². The zero-order valence-electron chi connectivity index (χ0n) is 12.3. The van der Waals surface area contributed by atoms with Crippen molar-refractivity contribution in [3.8, 4) is 0 Å². The highest BCUT2D eigenvalue weighted by Crippen LogP contribution is 2.17. The van der Waals surface area contributed by atoms with E-state index in [1.165, 1.54) is 24.6 Å². The number of hydrogen-bond acceptors (Lipinski definition) is 5. The maximum absolute atomic E-state index is 12.1. The van der Waals surface area contributed by atoms with Gasteiger partial charge in [-0.25, -0.2) is 17.7 Å². The third kappa shape index (κ3) is 3.60. The fourth-order valence-corrected chi connectivity index (χ4v) is 3.33. The van der Waals surface area contributed by atoms with E-state index < -0.39 is 10.0 Å². The molecule has 9 heteroatoms. The largest absolute Gasteiger partial charge is 0.379 e. The van der Waals surface area contributed by atoms with E-state index in [0.29, 0.717) is 13.2 Å². The Morgan fingerprint density at radius 3 is 2.81 bits per heavy atom. The van der Waals surface area contributed by atoms with E-state index in [4.69, 9.17) is 4.74 Å². The molecule has 0 radical (unpaired) electrons. The van der Waals surface area contributed by atoms with Crippen LogP contribution in [0.3, 0.4) is 0 Å². The van der Waals surface area contributed by atoms with Crippen LogP contribution in [0.15, 0.2) is 12.4 Å². The predicted molar refractivity (Wildman–Crippen MR) is 76.2 cm³/mol. The van der Waals surface area contributed by atoms with Gasteiger partial charge < -0.3 is 14.6 Å². The number of hydrogen-bond donors (Lipinski definition) is 1. The van der Waals surface area contributed by atoms with Crippen LogP contribution in [0.1, 0.15) is 10.6 Å². The first-order valence-corrected chi connectivity index (χ1v) is 8.18. The van der Waals surface area contributed by atoms with Gasteiger partial charge >= 0.3 is 0 Å². The number of nitrogens with zero attached hydrogens (tertiary/aromatic N) is 3. The van der Waals surface area contributed by atoms with Crippen molar-refractivity contribution in [2.75, 3.05) is 33.1 Å². The van der Waals surface area contributed by atoms with Crippen molar-refractivity contribution in [3.63, 3.8) is 0 Å². The SMILES string of the molecule is CN(C)S(=O)(=O)C[C@@H]1COC[C@@H]1NC(=O)c1nccn1C. The molecule has 2 heterocycles. The molecular weight excluding hydrogens is 296 g/mol. The highest BCUT2D eigenvalue weighted by Gasteiger charge is 2.34. The maximum Gasteiger partial charge on any atom is 0.287 e. The van der Waals surface area contributed by atoms with E-state index in [0.717, 1.165) is 0 Å². The van der Waals surface area contributed by atoms with Crippen molar-refractivity contribution in [2.24, 2.45) is 13.0 Å². The van der Waals surface area contributed by atoms with Crippen LogP contribution in [0.5, 0.6) is 0 Å². The number of aryl methyl sites for hydroxylation is 1. The second-order valence-electron chi connectivity index (χ2n) is 5.30. The highest BCUT2D eigenvalue weighted by atomic mass is 32.2. The first-order chi connectivity index (χ1) is 9.81. The molecule has 1 aliphatic heterocycles. The molecule has 21 heavy (non-hydrogen) atoms. The molecular formula is C12H20N4O4S. The van der Waals surface area contributed by atoms with Gasteiger partial charge in [0, 0.05) is 39.5 Å². The Balaban J connectivity index is 2.03. The van der Waals surface area contributed by atoms with Crippen LogP contribution in [-0.4, -0.2) is 67.3 Å². The van der Waals surface area contributed by atoms with E-state index in [9.17, 15) is 13.2 Å². The summed E-state index contributed by atoms with van der Waals surface area (Å²) in [7, 11) is 1.38. The number of sulfonamides is 1. The third-order valence-electron chi connectivity index (χ3n) is 3.52. The van der Waals surface area contributed by atoms with E-state index in [-0.39, 0.29) is 29.4 Å². The number of rotatable bonds is 5. The monoisotopic (exact) mass is 316 g/mol. The molecule has 8 nitrogen and oxygen atoms in total. The van der Waals surface area contributed by atoms with E-state index in [2.05, 4.69) is 10.3 Å². The molecule has 1 fully saturated rings. The number of ether oxygens (including phenoxy) is 1. The lowest BCUT2D eigenvalue weighted by molar-refractivity contribution is 0.0912. The van der Waals surface area contributed by atoms with Crippen LogP contribution in [0.2, 0.25) is 0 Å². The van der Waals surface area contributed by atoms with Gasteiger partial charge in [0.1, 0.15) is 0 Å². The van der Waals surface area contributed by atoms with Gasteiger partial charge in [-0.15, -0.1) is 0 Å². The fourth-order valence-electron chi connectivity index (χ4n) is 2.16. The highest BCUT2D eigenvalue weighted by molar-refractivity contribution is 7.89. The molecule has 1 aliphatic rings. The van der Waals surface area contributed by atoms with E-state index in [1.54, 1.807) is 17.8 Å². The van der Waals surface area contributed by atoms with Gasteiger partial charge in [-0.3, -0.25) is 4.79 Å². The predicted octanol–water partition coefficient (Wildman–Crippen LogP) is -0.944. The summed E-state index contributed by atoms with van der Waals surface area (Å²) in [5.74, 6) is -0.353. The van der Waals surface area contributed by atoms with Crippen molar-refractivity contribution in [1.29, 1.82) is 0 Å². The summed E-state index contributed by atoms with van der Waals surface area (Å²) in [6, 6.07) is -0.330. The summed E-state index contributed by atoms with van der Waals surface area (Å²) in [4.78, 5) is 16.1. The molecule has 0 unspecified atom stereocenters. The smallest absolute Gasteiger partial charge is 0.287 e. The summed E-state index contributed by atoms with van der Waals surface area (Å²) in [5.41, 5.74) is 0. The van der Waals surface area contributed by atoms with Crippen LogP contribution >= 0.6 is 0 Å². The number of nitrogens with one attached hydrogen (secondary N) is 1. The fraction of sp³-hybridized carbons (Fsp3) is 0.667. The average Bonchev–Trinajstić information content (AvgIpc) is 2.98. The summed E-state index contributed by atoms with van der Waals surface area (Å²) >= 11 is 0. The summed E-state index contributed by atoms with van der Waals surface area (Å²) in [6.45, 7) is 0.627. The summed E-state index contributed by atoms with van der Waals surface area (Å²) in [5, 5.41) is 2.80. The molecule has 0 aliphatic carbocycles. The quantitative estimate of drug-likeness (QED) is 0.756. The molecule has 0 aromatic carbocycles. The lowest BCUT2D eigenvalue weighted by Gasteiger charge is -2.20. The maximum atomic E-state index is 12.1. The molecule has 1 aromatic rings. The zero-order valence-corrected chi connectivity index (χ0v) is 13.1. The Morgan fingerprint density at radius 2 is 2.24 bits per heavy atom. The van der Waals surface area contributed by atoms with Gasteiger partial charge in [-0.2, -0.15) is 0 Å². The molecule has 1 aromatic heterocycles. The number of imidazole rings is 1. The average molecular weight is 316 g/mol. The first-order valence-electron chi connectivity index (χ1n) is 6.57.